The number of ether oxygens (including phenoxy) is 1. The highest BCUT2D eigenvalue weighted by Crippen LogP contribution is 2.38. The zero-order valence-electron chi connectivity index (χ0n) is 17.3. The molecule has 0 fully saturated rings. The number of rotatable bonds is 4. The fraction of sp³-hybridized carbons (Fsp3) is 0.320. The van der Waals surface area contributed by atoms with Gasteiger partial charge in [0.2, 0.25) is 0 Å². The molecule has 0 N–H and O–H groups in total. The van der Waals surface area contributed by atoms with Gasteiger partial charge < -0.3 is 4.74 Å². The SMILES string of the molecule is CCOC(=O)CC1C=C(c2ccc(Cl)cc2)c2ccccc2C2CCC1=NN=C2C. The number of fused-ring (bicyclic) bond motifs is 5. The van der Waals surface area contributed by atoms with Gasteiger partial charge in [-0.3, -0.25) is 4.79 Å². The van der Waals surface area contributed by atoms with E-state index in [1.807, 2.05) is 38.1 Å². The Hall–Kier alpha value is -2.72. The van der Waals surface area contributed by atoms with Crippen LogP contribution in [0.2, 0.25) is 5.02 Å². The van der Waals surface area contributed by atoms with E-state index in [1.165, 1.54) is 5.56 Å². The Kier molecular flexibility index (Phi) is 6.14. The van der Waals surface area contributed by atoms with Gasteiger partial charge in [0.25, 0.3) is 0 Å². The average molecular weight is 421 g/mol. The zero-order valence-corrected chi connectivity index (χ0v) is 18.0. The molecule has 0 aromatic heterocycles. The first kappa shape index (κ1) is 20.5. The minimum Gasteiger partial charge on any atom is -0.466 e. The summed E-state index contributed by atoms with van der Waals surface area (Å²) in [5.74, 6) is -0.193. The van der Waals surface area contributed by atoms with E-state index in [0.717, 1.165) is 41.0 Å². The van der Waals surface area contributed by atoms with Crippen molar-refractivity contribution in [3.8, 4) is 0 Å². The van der Waals surface area contributed by atoms with E-state index in [0.29, 0.717) is 11.6 Å². The molecule has 0 radical (unpaired) electrons. The lowest BCUT2D eigenvalue weighted by molar-refractivity contribution is -0.143. The molecule has 0 amide bonds. The number of carbonyl (C=O) groups excluding carboxylic acids is 1. The Bertz CT molecular complexity index is 1040. The molecule has 2 aliphatic rings. The molecule has 4 nitrogen and oxygen atoms in total. The van der Waals surface area contributed by atoms with E-state index in [1.54, 1.807) is 0 Å². The number of halogens is 1. The molecule has 2 atom stereocenters. The van der Waals surface area contributed by atoms with E-state index in [-0.39, 0.29) is 24.2 Å². The van der Waals surface area contributed by atoms with Crippen molar-refractivity contribution in [2.75, 3.05) is 6.61 Å². The third kappa shape index (κ3) is 4.24. The molecule has 0 spiro atoms. The highest BCUT2D eigenvalue weighted by atomic mass is 35.5. The maximum Gasteiger partial charge on any atom is 0.306 e. The van der Waals surface area contributed by atoms with Crippen LogP contribution in [-0.4, -0.2) is 24.0 Å². The van der Waals surface area contributed by atoms with Crippen LogP contribution in [-0.2, 0) is 9.53 Å². The summed E-state index contributed by atoms with van der Waals surface area (Å²) in [5.41, 5.74) is 6.50. The summed E-state index contributed by atoms with van der Waals surface area (Å²) in [6.07, 6.45) is 4.14. The minimum atomic E-state index is -0.217. The Morgan fingerprint density at radius 1 is 1.13 bits per heavy atom. The second-order valence-electron chi connectivity index (χ2n) is 7.71. The standard InChI is InChI=1S/C25H25ClN2O2/c1-3-30-25(29)15-18-14-23(17-8-10-19(26)11-9-17)22-7-5-4-6-21(22)20-12-13-24(18)28-27-16(20)2/h4-11,14,18,20H,3,12-13,15H2,1-2H3. The Balaban J connectivity index is 1.92. The van der Waals surface area contributed by atoms with Gasteiger partial charge in [-0.1, -0.05) is 54.1 Å². The fourth-order valence-corrected chi connectivity index (χ4v) is 4.42. The zero-order chi connectivity index (χ0) is 21.1. The highest BCUT2D eigenvalue weighted by Gasteiger charge is 2.29. The van der Waals surface area contributed by atoms with Crippen LogP contribution in [0.5, 0.6) is 0 Å². The molecule has 1 aliphatic carbocycles. The van der Waals surface area contributed by atoms with Crippen LogP contribution >= 0.6 is 11.6 Å². The van der Waals surface area contributed by atoms with Crippen molar-refractivity contribution in [3.63, 3.8) is 0 Å². The number of benzene rings is 2. The molecule has 2 bridgehead atoms. The second-order valence-corrected chi connectivity index (χ2v) is 8.15. The summed E-state index contributed by atoms with van der Waals surface area (Å²) >= 11 is 6.15. The molecule has 2 aromatic rings. The van der Waals surface area contributed by atoms with Crippen LogP contribution in [0.4, 0.5) is 0 Å². The summed E-state index contributed by atoms with van der Waals surface area (Å²) in [6.45, 7) is 4.24. The first-order valence-corrected chi connectivity index (χ1v) is 10.8. The van der Waals surface area contributed by atoms with Gasteiger partial charge in [0.05, 0.1) is 13.0 Å². The summed E-state index contributed by atoms with van der Waals surface area (Å²) in [4.78, 5) is 12.4. The van der Waals surface area contributed by atoms with Gasteiger partial charge in [-0.2, -0.15) is 10.2 Å². The molecular formula is C25H25ClN2O2. The van der Waals surface area contributed by atoms with E-state index in [4.69, 9.17) is 16.3 Å². The van der Waals surface area contributed by atoms with E-state index < -0.39 is 0 Å². The van der Waals surface area contributed by atoms with Crippen LogP contribution < -0.4 is 0 Å². The van der Waals surface area contributed by atoms with Crippen LogP contribution in [0, 0.1) is 5.92 Å². The molecule has 154 valence electrons. The third-order valence-corrected chi connectivity index (χ3v) is 6.05. The normalized spacial score (nSPS) is 20.6. The van der Waals surface area contributed by atoms with Crippen molar-refractivity contribution < 1.29 is 9.53 Å². The summed E-state index contributed by atoms with van der Waals surface area (Å²) in [5, 5.41) is 9.79. The first-order valence-electron chi connectivity index (χ1n) is 10.4. The van der Waals surface area contributed by atoms with Crippen LogP contribution in [0.25, 0.3) is 5.57 Å². The lowest BCUT2D eigenvalue weighted by atomic mass is 9.84. The van der Waals surface area contributed by atoms with Gasteiger partial charge in [0.1, 0.15) is 0 Å². The van der Waals surface area contributed by atoms with Crippen LogP contribution in [0.3, 0.4) is 0 Å². The van der Waals surface area contributed by atoms with Crippen LogP contribution in [0.15, 0.2) is 64.8 Å². The first-order chi connectivity index (χ1) is 14.6. The largest absolute Gasteiger partial charge is 0.466 e. The minimum absolute atomic E-state index is 0.170. The third-order valence-electron chi connectivity index (χ3n) is 5.80. The van der Waals surface area contributed by atoms with E-state index >= 15 is 0 Å². The fourth-order valence-electron chi connectivity index (χ4n) is 4.29. The summed E-state index contributed by atoms with van der Waals surface area (Å²) < 4.78 is 5.26. The quantitative estimate of drug-likeness (QED) is 0.565. The monoisotopic (exact) mass is 420 g/mol. The molecule has 1 heterocycles. The van der Waals surface area contributed by atoms with Gasteiger partial charge >= 0.3 is 5.97 Å². The number of hydrogen-bond donors (Lipinski definition) is 0. The number of allylic oxidation sites excluding steroid dienone is 1. The van der Waals surface area contributed by atoms with E-state index in [2.05, 4.69) is 40.5 Å². The molecule has 5 heteroatoms. The molecule has 4 rings (SSSR count). The number of nitrogens with zero attached hydrogens (tertiary/aromatic N) is 2. The number of hydrogen-bond acceptors (Lipinski definition) is 4. The van der Waals surface area contributed by atoms with Crippen molar-refractivity contribution in [2.45, 2.75) is 39.0 Å². The Labute approximate surface area is 182 Å². The van der Waals surface area contributed by atoms with E-state index in [9.17, 15) is 4.79 Å². The van der Waals surface area contributed by atoms with Gasteiger partial charge in [-0.15, -0.1) is 0 Å². The predicted octanol–water partition coefficient (Wildman–Crippen LogP) is 6.05. The highest BCUT2D eigenvalue weighted by molar-refractivity contribution is 6.30. The van der Waals surface area contributed by atoms with Crippen molar-refractivity contribution in [1.29, 1.82) is 0 Å². The lowest BCUT2D eigenvalue weighted by Crippen LogP contribution is -2.18. The molecule has 2 aromatic carbocycles. The van der Waals surface area contributed by atoms with Gasteiger partial charge in [-0.25, -0.2) is 0 Å². The predicted molar refractivity (Wildman–Crippen MR) is 122 cm³/mol. The molecular weight excluding hydrogens is 396 g/mol. The molecule has 1 aliphatic heterocycles. The van der Waals surface area contributed by atoms with Crippen molar-refractivity contribution in [1.82, 2.24) is 0 Å². The Morgan fingerprint density at radius 2 is 1.90 bits per heavy atom. The molecule has 30 heavy (non-hydrogen) atoms. The smallest absolute Gasteiger partial charge is 0.306 e. The van der Waals surface area contributed by atoms with Crippen LogP contribution in [0.1, 0.15) is 55.7 Å². The summed E-state index contributed by atoms with van der Waals surface area (Å²) in [7, 11) is 0. The van der Waals surface area contributed by atoms with Crippen molar-refractivity contribution in [2.24, 2.45) is 16.1 Å². The Morgan fingerprint density at radius 3 is 2.67 bits per heavy atom. The lowest BCUT2D eigenvalue weighted by Gasteiger charge is -2.21. The average Bonchev–Trinajstić information content (AvgIpc) is 2.90. The summed E-state index contributed by atoms with van der Waals surface area (Å²) in [6, 6.07) is 16.3. The second kappa shape index (κ2) is 8.97. The molecule has 0 saturated carbocycles. The van der Waals surface area contributed by atoms with Gasteiger partial charge in [0.15, 0.2) is 0 Å². The maximum absolute atomic E-state index is 12.4. The van der Waals surface area contributed by atoms with Gasteiger partial charge in [-0.05, 0) is 61.1 Å². The topological polar surface area (TPSA) is 51.0 Å². The molecule has 0 saturated heterocycles. The van der Waals surface area contributed by atoms with Crippen molar-refractivity contribution in [3.05, 3.63) is 76.3 Å². The van der Waals surface area contributed by atoms with Gasteiger partial charge in [0, 0.05) is 28.3 Å². The van der Waals surface area contributed by atoms with Crippen molar-refractivity contribution >= 4 is 34.6 Å². The maximum atomic E-state index is 12.4. The molecule has 2 unspecified atom stereocenters. The number of esters is 1. The number of carbonyl (C=O) groups is 1.